The molecule has 2 aromatic carbocycles. The molecule has 10 heteroatoms. The van der Waals surface area contributed by atoms with Gasteiger partial charge in [0, 0.05) is 61.7 Å². The number of benzene rings is 2. The first-order valence-electron chi connectivity index (χ1n) is 20.8. The highest BCUT2D eigenvalue weighted by Crippen LogP contribution is 2.68. The molecule has 7 aliphatic rings. The molecule has 10 rings (SSSR count). The molecule has 0 bridgehead atoms. The van der Waals surface area contributed by atoms with Crippen LogP contribution in [0, 0.1) is 11.3 Å². The zero-order valence-electron chi connectivity index (χ0n) is 34.7. The van der Waals surface area contributed by atoms with Crippen LogP contribution in [0.1, 0.15) is 131 Å². The minimum Gasteiger partial charge on any atom is -0.480 e. The zero-order chi connectivity index (χ0) is 39.2. The summed E-state index contributed by atoms with van der Waals surface area (Å²) < 4.78 is 39.7. The largest absolute Gasteiger partial charge is 0.480 e. The van der Waals surface area contributed by atoms with Crippen molar-refractivity contribution in [3.05, 3.63) is 62.3 Å². The SMILES string of the molecule is CC1Cc2c1nc1c(c2C#N)Oc2c(cc3c(c2CN2CCOCC2)C2(CC3(C)C)CC(C)(C)c3cc4c(c(CN5CCOCC5)c32)OC(C)(C)C(C)(C)O4)O1. The number of pyridine rings is 1. The normalized spacial score (nSPS) is 27.1. The van der Waals surface area contributed by atoms with E-state index in [1.807, 2.05) is 0 Å². The van der Waals surface area contributed by atoms with Crippen molar-refractivity contribution in [3.63, 3.8) is 0 Å². The summed E-state index contributed by atoms with van der Waals surface area (Å²) in [5, 5.41) is 10.5. The number of rotatable bonds is 4. The van der Waals surface area contributed by atoms with Gasteiger partial charge >= 0.3 is 0 Å². The Kier molecular flexibility index (Phi) is 7.86. The number of hydrogen-bond acceptors (Lipinski definition) is 10. The minimum absolute atomic E-state index is 0.171. The van der Waals surface area contributed by atoms with Crippen molar-refractivity contribution in [1.82, 2.24) is 14.8 Å². The van der Waals surface area contributed by atoms with Gasteiger partial charge in [-0.1, -0.05) is 34.6 Å². The Morgan fingerprint density at radius 2 is 1.25 bits per heavy atom. The predicted molar refractivity (Wildman–Crippen MR) is 212 cm³/mol. The number of nitrogens with zero attached hydrogens (tertiary/aromatic N) is 4. The van der Waals surface area contributed by atoms with Crippen LogP contribution in [-0.2, 0) is 45.2 Å². The fourth-order valence-corrected chi connectivity index (χ4v) is 11.2. The van der Waals surface area contributed by atoms with Crippen molar-refractivity contribution in [3.8, 4) is 40.7 Å². The molecule has 296 valence electrons. The van der Waals surface area contributed by atoms with Crippen LogP contribution >= 0.6 is 0 Å². The lowest BCUT2D eigenvalue weighted by atomic mass is 9.70. The van der Waals surface area contributed by atoms with Crippen LogP contribution in [0.5, 0.6) is 34.6 Å². The average molecular weight is 761 g/mol. The third-order valence-electron chi connectivity index (χ3n) is 14.5. The van der Waals surface area contributed by atoms with Crippen LogP contribution in [0.4, 0.5) is 0 Å². The van der Waals surface area contributed by atoms with Gasteiger partial charge in [0.2, 0.25) is 5.75 Å². The van der Waals surface area contributed by atoms with Crippen molar-refractivity contribution < 1.29 is 28.4 Å². The molecule has 56 heavy (non-hydrogen) atoms. The van der Waals surface area contributed by atoms with Gasteiger partial charge in [0.1, 0.15) is 22.8 Å². The number of aromatic nitrogens is 1. The second-order valence-corrected chi connectivity index (χ2v) is 19.8. The van der Waals surface area contributed by atoms with E-state index in [2.05, 4.69) is 90.3 Å². The molecule has 2 atom stereocenters. The van der Waals surface area contributed by atoms with E-state index in [1.54, 1.807) is 0 Å². The molecular formula is C46H56N4O6. The molecule has 1 spiro atoms. The number of morpholine rings is 2. The summed E-state index contributed by atoms with van der Waals surface area (Å²) >= 11 is 0. The number of ether oxygens (including phenoxy) is 6. The Morgan fingerprint density at radius 3 is 1.80 bits per heavy atom. The molecule has 0 saturated carbocycles. The van der Waals surface area contributed by atoms with Gasteiger partial charge in [-0.15, -0.1) is 0 Å². The predicted octanol–water partition coefficient (Wildman–Crippen LogP) is 8.15. The lowest BCUT2D eigenvalue weighted by Crippen LogP contribution is -2.56. The van der Waals surface area contributed by atoms with E-state index in [-0.39, 0.29) is 22.2 Å². The molecule has 10 nitrogen and oxygen atoms in total. The van der Waals surface area contributed by atoms with Crippen LogP contribution in [0.15, 0.2) is 12.1 Å². The lowest BCUT2D eigenvalue weighted by molar-refractivity contribution is -0.100. The quantitative estimate of drug-likeness (QED) is 0.203. The fourth-order valence-electron chi connectivity index (χ4n) is 11.2. The first kappa shape index (κ1) is 36.5. The summed E-state index contributed by atoms with van der Waals surface area (Å²) in [6.45, 7) is 28.0. The molecule has 3 aromatic rings. The highest BCUT2D eigenvalue weighted by molar-refractivity contribution is 5.74. The fraction of sp³-hybridized carbons (Fsp3) is 0.609. The third kappa shape index (κ3) is 5.16. The highest BCUT2D eigenvalue weighted by Gasteiger charge is 2.60. The minimum atomic E-state index is -0.563. The summed E-state index contributed by atoms with van der Waals surface area (Å²) in [6.07, 6.45) is 2.68. The van der Waals surface area contributed by atoms with Gasteiger partial charge in [0.25, 0.3) is 5.88 Å². The number of fused-ring (bicyclic) bond motifs is 8. The third-order valence-corrected chi connectivity index (χ3v) is 14.5. The second-order valence-electron chi connectivity index (χ2n) is 19.8. The van der Waals surface area contributed by atoms with E-state index in [1.165, 1.54) is 27.8 Å². The molecule has 2 fully saturated rings. The van der Waals surface area contributed by atoms with Gasteiger partial charge in [0.05, 0.1) is 32.1 Å². The number of hydrogen-bond donors (Lipinski definition) is 0. The van der Waals surface area contributed by atoms with Crippen LogP contribution in [0.2, 0.25) is 0 Å². The first-order valence-corrected chi connectivity index (χ1v) is 20.8. The second kappa shape index (κ2) is 12.1. The molecular weight excluding hydrogens is 705 g/mol. The Morgan fingerprint density at radius 1 is 0.714 bits per heavy atom. The van der Waals surface area contributed by atoms with Crippen molar-refractivity contribution in [2.24, 2.45) is 0 Å². The topological polar surface area (TPSA) is 98.5 Å². The molecule has 4 aliphatic heterocycles. The van der Waals surface area contributed by atoms with Crippen molar-refractivity contribution in [2.45, 2.75) is 128 Å². The monoisotopic (exact) mass is 760 g/mol. The van der Waals surface area contributed by atoms with Crippen LogP contribution in [0.25, 0.3) is 0 Å². The van der Waals surface area contributed by atoms with E-state index < -0.39 is 11.2 Å². The zero-order valence-corrected chi connectivity index (χ0v) is 34.7. The molecule has 0 radical (unpaired) electrons. The van der Waals surface area contributed by atoms with E-state index in [9.17, 15) is 5.26 Å². The molecule has 3 aliphatic carbocycles. The Labute approximate surface area is 331 Å². The maximum Gasteiger partial charge on any atom is 0.265 e. The Bertz CT molecular complexity index is 2220. The van der Waals surface area contributed by atoms with Crippen LogP contribution in [0.3, 0.4) is 0 Å². The van der Waals surface area contributed by atoms with E-state index in [0.717, 1.165) is 93.5 Å². The Hall–Kier alpha value is -3.88. The van der Waals surface area contributed by atoms with Crippen molar-refractivity contribution in [1.29, 1.82) is 5.26 Å². The summed E-state index contributed by atoms with van der Waals surface area (Å²) in [6, 6.07) is 7.05. The summed E-state index contributed by atoms with van der Waals surface area (Å²) in [4.78, 5) is 9.96. The van der Waals surface area contributed by atoms with Gasteiger partial charge in [-0.2, -0.15) is 5.26 Å². The van der Waals surface area contributed by atoms with Crippen molar-refractivity contribution >= 4 is 0 Å². The highest BCUT2D eigenvalue weighted by atomic mass is 16.6. The number of nitriles is 1. The van der Waals surface area contributed by atoms with Crippen molar-refractivity contribution in [2.75, 3.05) is 52.6 Å². The average Bonchev–Trinajstić information content (AvgIpc) is 3.50. The molecule has 5 heterocycles. The van der Waals surface area contributed by atoms with Gasteiger partial charge < -0.3 is 28.4 Å². The van der Waals surface area contributed by atoms with Gasteiger partial charge in [0.15, 0.2) is 23.0 Å². The van der Waals surface area contributed by atoms with E-state index in [4.69, 9.17) is 33.4 Å². The van der Waals surface area contributed by atoms with Gasteiger partial charge in [-0.3, -0.25) is 9.80 Å². The van der Waals surface area contributed by atoms with Gasteiger partial charge in [-0.25, -0.2) is 4.98 Å². The Balaban J connectivity index is 1.24. The van der Waals surface area contributed by atoms with Crippen LogP contribution < -0.4 is 18.9 Å². The molecule has 0 N–H and O–H groups in total. The standard InChI is InChI=1S/C46H56N4O6/c1-26-18-27-28(21-47)40-41(48-37(26)27)53-33-19-31-35(29(38(33)54-40)22-49-10-14-51-15-11-49)46(24-42(31,2)3)25-43(4,5)32-20-34-39(56-45(8,9)44(6,7)55-34)30(36(32)46)23-50-12-16-52-17-13-50/h19-20,26H,10-18,22-25H2,1-9H3. The lowest BCUT2D eigenvalue weighted by Gasteiger charge is -2.47. The molecule has 2 unspecified atom stereocenters. The maximum atomic E-state index is 10.5. The summed E-state index contributed by atoms with van der Waals surface area (Å²) in [5.74, 6) is 4.25. The molecule has 2 saturated heterocycles. The maximum absolute atomic E-state index is 10.5. The van der Waals surface area contributed by atoms with E-state index in [0.29, 0.717) is 48.5 Å². The van der Waals surface area contributed by atoms with Gasteiger partial charge in [-0.05, 0) is 97.7 Å². The smallest absolute Gasteiger partial charge is 0.265 e. The molecule has 1 aromatic heterocycles. The van der Waals surface area contributed by atoms with Crippen LogP contribution in [-0.4, -0.2) is 78.6 Å². The first-order chi connectivity index (χ1) is 26.5. The summed E-state index contributed by atoms with van der Waals surface area (Å²) in [7, 11) is 0. The summed E-state index contributed by atoms with van der Waals surface area (Å²) in [5.41, 5.74) is 8.40. The van der Waals surface area contributed by atoms with E-state index >= 15 is 0 Å². The molecule has 0 amide bonds.